The Bertz CT molecular complexity index is 1470. The Morgan fingerprint density at radius 2 is 1.67 bits per heavy atom. The first-order chi connectivity index (χ1) is 18.5. The van der Waals surface area contributed by atoms with Gasteiger partial charge in [-0.05, 0) is 49.2 Å². The van der Waals surface area contributed by atoms with Crippen LogP contribution in [0.15, 0.2) is 78.9 Å². The van der Waals surface area contributed by atoms with Gasteiger partial charge in [0.15, 0.2) is 0 Å². The lowest BCUT2D eigenvalue weighted by molar-refractivity contribution is -0.116. The summed E-state index contributed by atoms with van der Waals surface area (Å²) in [5.74, 6) is 0.213. The van der Waals surface area contributed by atoms with Crippen molar-refractivity contribution in [3.63, 3.8) is 0 Å². The van der Waals surface area contributed by atoms with Crippen LogP contribution in [0.2, 0.25) is 5.02 Å². The zero-order chi connectivity index (χ0) is 28.2. The van der Waals surface area contributed by atoms with Crippen molar-refractivity contribution in [3.8, 4) is 5.69 Å². The Labute approximate surface area is 234 Å². The van der Waals surface area contributed by atoms with Gasteiger partial charge in [0.2, 0.25) is 5.91 Å². The highest BCUT2D eigenvalue weighted by molar-refractivity contribution is 6.30. The first-order valence-corrected chi connectivity index (χ1v) is 13.2. The molecule has 4 rings (SSSR count). The number of nitrogens with zero attached hydrogens (tertiary/aromatic N) is 3. The van der Waals surface area contributed by atoms with E-state index in [-0.39, 0.29) is 24.4 Å². The van der Waals surface area contributed by atoms with Crippen molar-refractivity contribution in [1.82, 2.24) is 14.7 Å². The predicted molar refractivity (Wildman–Crippen MR) is 158 cm³/mol. The normalized spacial score (nSPS) is 11.2. The van der Waals surface area contributed by atoms with Gasteiger partial charge < -0.3 is 15.5 Å². The molecule has 1 heterocycles. The van der Waals surface area contributed by atoms with E-state index < -0.39 is 6.03 Å². The summed E-state index contributed by atoms with van der Waals surface area (Å²) >= 11 is 6.09. The Hall–Kier alpha value is -4.10. The number of aryl methyl sites for hydroxylation is 2. The van der Waals surface area contributed by atoms with E-state index in [2.05, 4.69) is 37.5 Å². The van der Waals surface area contributed by atoms with E-state index in [1.54, 1.807) is 28.9 Å². The molecule has 0 aliphatic carbocycles. The van der Waals surface area contributed by atoms with E-state index in [4.69, 9.17) is 16.7 Å². The van der Waals surface area contributed by atoms with E-state index in [0.29, 0.717) is 16.5 Å². The van der Waals surface area contributed by atoms with Crippen LogP contribution >= 0.6 is 11.6 Å². The summed E-state index contributed by atoms with van der Waals surface area (Å²) in [6.07, 6.45) is 0. The molecule has 4 aromatic rings. The standard InChI is InChI=1S/C31H34ClN5O2/c1-21-14-15-26(22(2)16-21)37-28(18-27(35-37)31(3,4)5)34-29(38)20-36(19-23-10-7-6-8-11-23)30(39)33-25-13-9-12-24(32)17-25/h6-18H,19-20H2,1-5H3,(H,33,39)(H,34,38). The van der Waals surface area contributed by atoms with Crippen LogP contribution in [-0.2, 0) is 16.8 Å². The van der Waals surface area contributed by atoms with Crippen LogP contribution in [0.25, 0.3) is 5.69 Å². The number of halogens is 1. The van der Waals surface area contributed by atoms with Crippen molar-refractivity contribution >= 4 is 35.0 Å². The summed E-state index contributed by atoms with van der Waals surface area (Å²) in [6, 6.07) is 24.0. The SMILES string of the molecule is Cc1ccc(-n2nc(C(C)(C)C)cc2NC(=O)CN(Cc2ccccc2)C(=O)Nc2cccc(Cl)c2)c(C)c1. The molecule has 0 saturated carbocycles. The summed E-state index contributed by atoms with van der Waals surface area (Å²) in [5.41, 5.74) is 5.15. The van der Waals surface area contributed by atoms with Crippen LogP contribution in [0.3, 0.4) is 0 Å². The van der Waals surface area contributed by atoms with Crippen LogP contribution in [0.5, 0.6) is 0 Å². The van der Waals surface area contributed by atoms with Gasteiger partial charge in [0, 0.05) is 28.7 Å². The summed E-state index contributed by atoms with van der Waals surface area (Å²) in [5, 5.41) is 11.2. The van der Waals surface area contributed by atoms with Crippen molar-refractivity contribution < 1.29 is 9.59 Å². The van der Waals surface area contributed by atoms with Gasteiger partial charge in [-0.25, -0.2) is 9.48 Å². The highest BCUT2D eigenvalue weighted by Gasteiger charge is 2.24. The molecule has 0 aliphatic rings. The molecule has 8 heteroatoms. The average molecular weight is 544 g/mol. The van der Waals surface area contributed by atoms with Crippen LogP contribution in [0.1, 0.15) is 43.2 Å². The molecular formula is C31H34ClN5O2. The number of carbonyl (C=O) groups is 2. The Kier molecular flexibility index (Phi) is 8.41. The average Bonchev–Trinajstić information content (AvgIpc) is 3.28. The van der Waals surface area contributed by atoms with Crippen LogP contribution < -0.4 is 10.6 Å². The van der Waals surface area contributed by atoms with Crippen molar-refractivity contribution in [2.75, 3.05) is 17.2 Å². The zero-order valence-corrected chi connectivity index (χ0v) is 23.7. The minimum atomic E-state index is -0.408. The number of hydrogen-bond donors (Lipinski definition) is 2. The lowest BCUT2D eigenvalue weighted by atomic mass is 9.92. The maximum absolute atomic E-state index is 13.4. The van der Waals surface area contributed by atoms with Crippen LogP contribution in [0, 0.1) is 13.8 Å². The number of rotatable bonds is 7. The molecule has 3 amide bonds. The predicted octanol–water partition coefficient (Wildman–Crippen LogP) is 7.11. The Morgan fingerprint density at radius 1 is 0.923 bits per heavy atom. The van der Waals surface area contributed by atoms with Gasteiger partial charge in [0.05, 0.1) is 11.4 Å². The molecule has 202 valence electrons. The minimum absolute atomic E-state index is 0.162. The van der Waals surface area contributed by atoms with Gasteiger partial charge in [0.25, 0.3) is 0 Å². The molecule has 0 radical (unpaired) electrons. The molecule has 0 spiro atoms. The van der Waals surface area contributed by atoms with Gasteiger partial charge >= 0.3 is 6.03 Å². The topological polar surface area (TPSA) is 79.3 Å². The van der Waals surface area contributed by atoms with Crippen molar-refractivity contribution in [2.45, 2.75) is 46.6 Å². The lowest BCUT2D eigenvalue weighted by Gasteiger charge is -2.23. The quantitative estimate of drug-likeness (QED) is 0.260. The molecule has 7 nitrogen and oxygen atoms in total. The number of hydrogen-bond acceptors (Lipinski definition) is 3. The second-order valence-electron chi connectivity index (χ2n) is 10.7. The minimum Gasteiger partial charge on any atom is -0.311 e. The first-order valence-electron chi connectivity index (χ1n) is 12.8. The zero-order valence-electron chi connectivity index (χ0n) is 23.0. The maximum Gasteiger partial charge on any atom is 0.322 e. The number of carbonyl (C=O) groups excluding carboxylic acids is 2. The third-order valence-electron chi connectivity index (χ3n) is 6.24. The number of urea groups is 1. The highest BCUT2D eigenvalue weighted by Crippen LogP contribution is 2.28. The molecule has 0 atom stereocenters. The summed E-state index contributed by atoms with van der Waals surface area (Å²) in [6.45, 7) is 10.4. The van der Waals surface area contributed by atoms with Crippen LogP contribution in [-0.4, -0.2) is 33.2 Å². The van der Waals surface area contributed by atoms with Crippen molar-refractivity contribution in [2.24, 2.45) is 0 Å². The summed E-state index contributed by atoms with van der Waals surface area (Å²) < 4.78 is 1.76. The second-order valence-corrected chi connectivity index (χ2v) is 11.1. The molecular weight excluding hydrogens is 510 g/mol. The van der Waals surface area contributed by atoms with Gasteiger partial charge in [-0.1, -0.05) is 86.5 Å². The molecule has 0 aliphatic heterocycles. The molecule has 3 aromatic carbocycles. The van der Waals surface area contributed by atoms with Crippen molar-refractivity contribution in [1.29, 1.82) is 0 Å². The van der Waals surface area contributed by atoms with Crippen LogP contribution in [0.4, 0.5) is 16.3 Å². The third-order valence-corrected chi connectivity index (χ3v) is 6.47. The number of aromatic nitrogens is 2. The first kappa shape index (κ1) is 27.9. The summed E-state index contributed by atoms with van der Waals surface area (Å²) in [7, 11) is 0. The maximum atomic E-state index is 13.4. The number of nitrogens with one attached hydrogen (secondary N) is 2. The fourth-order valence-corrected chi connectivity index (χ4v) is 4.38. The van der Waals surface area contributed by atoms with E-state index >= 15 is 0 Å². The molecule has 0 fully saturated rings. The van der Waals surface area contributed by atoms with E-state index in [1.807, 2.05) is 62.4 Å². The largest absolute Gasteiger partial charge is 0.322 e. The molecule has 0 unspecified atom stereocenters. The molecule has 39 heavy (non-hydrogen) atoms. The number of anilines is 2. The van der Waals surface area contributed by atoms with Crippen molar-refractivity contribution in [3.05, 3.63) is 106 Å². The molecule has 2 N–H and O–H groups in total. The van der Waals surface area contributed by atoms with E-state index in [9.17, 15) is 9.59 Å². The lowest BCUT2D eigenvalue weighted by Crippen LogP contribution is -2.40. The summed E-state index contributed by atoms with van der Waals surface area (Å²) in [4.78, 5) is 28.2. The second kappa shape index (κ2) is 11.7. The monoisotopic (exact) mass is 543 g/mol. The number of benzene rings is 3. The van der Waals surface area contributed by atoms with Gasteiger partial charge in [-0.3, -0.25) is 4.79 Å². The fraction of sp³-hybridized carbons (Fsp3) is 0.258. The highest BCUT2D eigenvalue weighted by atomic mass is 35.5. The van der Waals surface area contributed by atoms with E-state index in [0.717, 1.165) is 28.1 Å². The molecule has 0 saturated heterocycles. The molecule has 0 bridgehead atoms. The fourth-order valence-electron chi connectivity index (χ4n) is 4.19. The molecule has 1 aromatic heterocycles. The van der Waals surface area contributed by atoms with Gasteiger partial charge in [-0.15, -0.1) is 0 Å². The van der Waals surface area contributed by atoms with Gasteiger partial charge in [-0.2, -0.15) is 5.10 Å². The Morgan fingerprint density at radius 3 is 2.33 bits per heavy atom. The third kappa shape index (κ3) is 7.27. The Balaban J connectivity index is 1.60. The van der Waals surface area contributed by atoms with Gasteiger partial charge in [0.1, 0.15) is 12.4 Å². The van der Waals surface area contributed by atoms with E-state index in [1.165, 1.54) is 4.90 Å². The smallest absolute Gasteiger partial charge is 0.311 e. The number of amides is 3.